The van der Waals surface area contributed by atoms with E-state index >= 15 is 0 Å². The molecule has 0 saturated carbocycles. The SMILES string of the molecule is Cc1cccc(OC[C@@H](O)CNC(C)(C)Cc2c(F)cc(S(N)(=O)=O)cc2Br)c1C#N. The lowest BCUT2D eigenvalue weighted by Crippen LogP contribution is -2.46. The van der Waals surface area contributed by atoms with Gasteiger partial charge in [-0.05, 0) is 51.0 Å². The van der Waals surface area contributed by atoms with Gasteiger partial charge in [0.05, 0.1) is 10.5 Å². The number of rotatable bonds is 9. The van der Waals surface area contributed by atoms with Gasteiger partial charge in [-0.15, -0.1) is 0 Å². The predicted molar refractivity (Wildman–Crippen MR) is 119 cm³/mol. The minimum atomic E-state index is -4.02. The summed E-state index contributed by atoms with van der Waals surface area (Å²) in [6.45, 7) is 5.60. The lowest BCUT2D eigenvalue weighted by molar-refractivity contribution is 0.0986. The summed E-state index contributed by atoms with van der Waals surface area (Å²) in [5.74, 6) is -0.289. The number of hydrogen-bond acceptors (Lipinski definition) is 6. The average Bonchev–Trinajstić information content (AvgIpc) is 2.67. The van der Waals surface area contributed by atoms with Gasteiger partial charge in [0.1, 0.15) is 30.3 Å². The van der Waals surface area contributed by atoms with Crippen molar-refractivity contribution < 1.29 is 22.7 Å². The number of hydrogen-bond donors (Lipinski definition) is 3. The number of aryl methyl sites for hydroxylation is 1. The number of halogens is 2. The first kappa shape index (κ1) is 25.2. The lowest BCUT2D eigenvalue weighted by atomic mass is 9.94. The van der Waals surface area contributed by atoms with Crippen molar-refractivity contribution in [2.24, 2.45) is 5.14 Å². The molecular weight excluding hydrogens is 489 g/mol. The summed E-state index contributed by atoms with van der Waals surface area (Å²) in [6, 6.07) is 9.49. The fraction of sp³-hybridized carbons (Fsp3) is 0.381. The maximum Gasteiger partial charge on any atom is 0.238 e. The molecule has 2 aromatic carbocycles. The monoisotopic (exact) mass is 513 g/mol. The topological polar surface area (TPSA) is 125 Å². The summed E-state index contributed by atoms with van der Waals surface area (Å²) in [7, 11) is -4.02. The highest BCUT2D eigenvalue weighted by molar-refractivity contribution is 9.10. The lowest BCUT2D eigenvalue weighted by Gasteiger charge is -2.29. The van der Waals surface area contributed by atoms with Crippen LogP contribution in [0.3, 0.4) is 0 Å². The number of β-amino-alcohol motifs (C(OH)–C–C–N with tert-alkyl or cyclic N) is 1. The highest BCUT2D eigenvalue weighted by atomic mass is 79.9. The molecule has 1 atom stereocenters. The van der Waals surface area contributed by atoms with E-state index in [0.717, 1.165) is 11.6 Å². The minimum absolute atomic E-state index is 0.0255. The number of primary sulfonamides is 1. The highest BCUT2D eigenvalue weighted by Gasteiger charge is 2.24. The molecule has 0 aliphatic carbocycles. The molecule has 31 heavy (non-hydrogen) atoms. The van der Waals surface area contributed by atoms with E-state index in [1.807, 2.05) is 13.8 Å². The van der Waals surface area contributed by atoms with E-state index < -0.39 is 27.5 Å². The van der Waals surface area contributed by atoms with Crippen LogP contribution in [0.1, 0.15) is 30.5 Å². The van der Waals surface area contributed by atoms with Gasteiger partial charge in [-0.2, -0.15) is 5.26 Å². The molecule has 0 heterocycles. The number of ether oxygens (including phenoxy) is 1. The van der Waals surface area contributed by atoms with Crippen LogP contribution in [0.25, 0.3) is 0 Å². The molecule has 2 rings (SSSR count). The molecule has 0 aromatic heterocycles. The van der Waals surface area contributed by atoms with Crippen molar-refractivity contribution in [3.63, 3.8) is 0 Å². The average molecular weight is 514 g/mol. The summed E-state index contributed by atoms with van der Waals surface area (Å²) in [6.07, 6.45) is -0.654. The highest BCUT2D eigenvalue weighted by Crippen LogP contribution is 2.27. The van der Waals surface area contributed by atoms with Crippen molar-refractivity contribution in [3.8, 4) is 11.8 Å². The van der Waals surface area contributed by atoms with Gasteiger partial charge in [0, 0.05) is 22.1 Å². The van der Waals surface area contributed by atoms with E-state index in [9.17, 15) is 23.2 Å². The van der Waals surface area contributed by atoms with Crippen molar-refractivity contribution in [2.75, 3.05) is 13.2 Å². The fourth-order valence-electron chi connectivity index (χ4n) is 2.96. The van der Waals surface area contributed by atoms with Crippen LogP contribution < -0.4 is 15.2 Å². The van der Waals surface area contributed by atoms with Crippen LogP contribution in [-0.4, -0.2) is 38.3 Å². The Balaban J connectivity index is 1.99. The molecule has 0 radical (unpaired) electrons. The third-order valence-corrected chi connectivity index (χ3v) is 6.26. The van der Waals surface area contributed by atoms with Gasteiger partial charge in [0.25, 0.3) is 0 Å². The van der Waals surface area contributed by atoms with Crippen LogP contribution in [0.2, 0.25) is 0 Å². The van der Waals surface area contributed by atoms with Crippen molar-refractivity contribution >= 4 is 26.0 Å². The fourth-order valence-corrected chi connectivity index (χ4v) is 4.24. The smallest absolute Gasteiger partial charge is 0.238 e. The van der Waals surface area contributed by atoms with Crippen molar-refractivity contribution in [3.05, 3.63) is 57.3 Å². The largest absolute Gasteiger partial charge is 0.489 e. The second-order valence-electron chi connectivity index (χ2n) is 7.88. The molecule has 0 aliphatic heterocycles. The number of nitrogens with two attached hydrogens (primary N) is 1. The van der Waals surface area contributed by atoms with Gasteiger partial charge >= 0.3 is 0 Å². The first-order valence-electron chi connectivity index (χ1n) is 9.40. The summed E-state index contributed by atoms with van der Waals surface area (Å²) < 4.78 is 43.3. The summed E-state index contributed by atoms with van der Waals surface area (Å²) in [5.41, 5.74) is 0.865. The van der Waals surface area contributed by atoms with Gasteiger partial charge in [-0.1, -0.05) is 28.1 Å². The van der Waals surface area contributed by atoms with Crippen LogP contribution in [0.5, 0.6) is 5.75 Å². The number of nitrogens with zero attached hydrogens (tertiary/aromatic N) is 1. The zero-order chi connectivity index (χ0) is 23.4. The summed E-state index contributed by atoms with van der Waals surface area (Å²) in [4.78, 5) is -0.313. The molecule has 0 fully saturated rings. The number of sulfonamides is 1. The summed E-state index contributed by atoms with van der Waals surface area (Å²) in [5, 5.41) is 27.7. The molecule has 0 amide bonds. The Hall–Kier alpha value is -2.03. The van der Waals surface area contributed by atoms with Crippen LogP contribution in [-0.2, 0) is 16.4 Å². The van der Waals surface area contributed by atoms with Gasteiger partial charge in [0.2, 0.25) is 10.0 Å². The second kappa shape index (κ2) is 10.1. The molecule has 0 saturated heterocycles. The van der Waals surface area contributed by atoms with Crippen LogP contribution in [0, 0.1) is 24.1 Å². The third-order valence-electron chi connectivity index (χ3n) is 4.66. The first-order chi connectivity index (χ1) is 14.3. The van der Waals surface area contributed by atoms with Crippen molar-refractivity contribution in [2.45, 2.75) is 43.7 Å². The zero-order valence-electron chi connectivity index (χ0n) is 17.4. The second-order valence-corrected chi connectivity index (χ2v) is 10.3. The molecule has 10 heteroatoms. The van der Waals surface area contributed by atoms with Crippen LogP contribution in [0.15, 0.2) is 39.7 Å². The Kier molecular flexibility index (Phi) is 8.19. The number of benzene rings is 2. The maximum absolute atomic E-state index is 14.5. The molecular formula is C21H25BrFN3O4S. The molecule has 0 bridgehead atoms. The maximum atomic E-state index is 14.5. The zero-order valence-corrected chi connectivity index (χ0v) is 19.8. The molecule has 0 spiro atoms. The Morgan fingerprint density at radius 1 is 1.39 bits per heavy atom. The molecule has 168 valence electrons. The van der Waals surface area contributed by atoms with Crippen LogP contribution in [0.4, 0.5) is 4.39 Å². The van der Waals surface area contributed by atoms with Gasteiger partial charge in [-0.3, -0.25) is 0 Å². The van der Waals surface area contributed by atoms with E-state index in [1.54, 1.807) is 25.1 Å². The third kappa shape index (κ3) is 6.98. The van der Waals surface area contributed by atoms with E-state index in [2.05, 4.69) is 27.3 Å². The molecule has 4 N–H and O–H groups in total. The Morgan fingerprint density at radius 2 is 2.06 bits per heavy atom. The normalized spacial score (nSPS) is 13.0. The molecule has 0 unspecified atom stereocenters. The van der Waals surface area contributed by atoms with Crippen molar-refractivity contribution in [1.82, 2.24) is 5.32 Å². The minimum Gasteiger partial charge on any atom is -0.489 e. The van der Waals surface area contributed by atoms with Gasteiger partial charge < -0.3 is 15.2 Å². The first-order valence-corrected chi connectivity index (χ1v) is 11.7. The predicted octanol–water partition coefficient (Wildman–Crippen LogP) is 2.77. The Labute approximate surface area is 190 Å². The van der Waals surface area contributed by atoms with E-state index in [-0.39, 0.29) is 30.0 Å². The number of nitriles is 1. The van der Waals surface area contributed by atoms with Crippen LogP contribution >= 0.6 is 15.9 Å². The van der Waals surface area contributed by atoms with Crippen molar-refractivity contribution in [1.29, 1.82) is 5.26 Å². The number of aliphatic hydroxyl groups is 1. The molecule has 7 nitrogen and oxygen atoms in total. The van der Waals surface area contributed by atoms with E-state index in [0.29, 0.717) is 15.8 Å². The molecule has 2 aromatic rings. The Bertz CT molecular complexity index is 1080. The van der Waals surface area contributed by atoms with E-state index in [4.69, 9.17) is 9.88 Å². The quantitative estimate of drug-likeness (QED) is 0.473. The number of aliphatic hydroxyl groups excluding tert-OH is 1. The van der Waals surface area contributed by atoms with Gasteiger partial charge in [0.15, 0.2) is 0 Å². The number of nitrogens with one attached hydrogen (secondary N) is 1. The Morgan fingerprint density at radius 3 is 2.65 bits per heavy atom. The summed E-state index contributed by atoms with van der Waals surface area (Å²) >= 11 is 3.21. The van der Waals surface area contributed by atoms with Gasteiger partial charge in [-0.25, -0.2) is 17.9 Å². The standard InChI is InChI=1S/C21H25BrFN3O4S/c1-13-5-4-6-20(17(13)10-24)30-12-14(27)11-26-21(2,3)9-16-18(22)7-15(8-19(16)23)31(25,28)29/h4-8,14,26-27H,9,11-12H2,1-3H3,(H2,25,28,29)/t14-/m0/s1. The molecule has 0 aliphatic rings. The van der Waals surface area contributed by atoms with E-state index in [1.165, 1.54) is 6.07 Å².